The number of hydrogen-bond acceptors (Lipinski definition) is 6. The number of Topliss-reactive ketones (excluding diaryl/α,β-unsaturated/α-hetero) is 1. The Labute approximate surface area is 167 Å². The molecular formula is C20H25N5O2S. The SMILES string of the molecule is Cc1nn(C)c(C)c1C(=O)C(=O)Nc1nnc(C23CC4CC(CC(C4)C2)C3)s1. The first kappa shape index (κ1) is 18.0. The lowest BCUT2D eigenvalue weighted by Crippen LogP contribution is -2.48. The standard InChI is InChI=1S/C20H25N5O2S/c1-10-15(11(2)25(3)24-10)16(26)17(27)21-19-23-22-18(28-19)20-7-12-4-13(8-20)6-14(5-12)9-20/h12-14H,4-9H2,1-3H3,(H,21,23,27). The maximum Gasteiger partial charge on any atom is 0.298 e. The molecule has 4 aliphatic rings. The molecule has 0 saturated heterocycles. The van der Waals surface area contributed by atoms with Crippen molar-refractivity contribution >= 4 is 28.2 Å². The van der Waals surface area contributed by atoms with Gasteiger partial charge in [-0.05, 0) is 70.1 Å². The third-order valence-corrected chi connectivity index (χ3v) is 8.16. The molecule has 6 rings (SSSR count). The van der Waals surface area contributed by atoms with Crippen LogP contribution in [0.2, 0.25) is 0 Å². The average Bonchev–Trinajstić information content (AvgIpc) is 3.18. The van der Waals surface area contributed by atoms with Crippen LogP contribution in [0.4, 0.5) is 5.13 Å². The fourth-order valence-electron chi connectivity index (χ4n) is 6.23. The summed E-state index contributed by atoms with van der Waals surface area (Å²) >= 11 is 1.45. The molecule has 4 fully saturated rings. The van der Waals surface area contributed by atoms with Crippen molar-refractivity contribution in [3.05, 3.63) is 22.0 Å². The van der Waals surface area contributed by atoms with Crippen molar-refractivity contribution in [2.75, 3.05) is 5.32 Å². The first-order valence-corrected chi connectivity index (χ1v) is 10.9. The smallest absolute Gasteiger partial charge is 0.294 e. The number of ketones is 1. The molecule has 0 spiro atoms. The minimum atomic E-state index is -0.674. The number of aryl methyl sites for hydroxylation is 2. The normalized spacial score (nSPS) is 30.6. The predicted octanol–water partition coefficient (Wildman–Crippen LogP) is 3.18. The van der Waals surface area contributed by atoms with Crippen LogP contribution in [-0.2, 0) is 17.3 Å². The van der Waals surface area contributed by atoms with E-state index >= 15 is 0 Å². The monoisotopic (exact) mass is 399 g/mol. The number of nitrogens with zero attached hydrogens (tertiary/aromatic N) is 4. The summed E-state index contributed by atoms with van der Waals surface area (Å²) in [7, 11) is 1.76. The van der Waals surface area contributed by atoms with Gasteiger partial charge in [0, 0.05) is 18.2 Å². The molecule has 4 bridgehead atoms. The van der Waals surface area contributed by atoms with Gasteiger partial charge in [-0.3, -0.25) is 19.6 Å². The molecule has 0 aromatic carbocycles. The number of carbonyl (C=O) groups is 2. The first-order valence-electron chi connectivity index (χ1n) is 10.0. The molecule has 2 heterocycles. The highest BCUT2D eigenvalue weighted by Gasteiger charge is 2.53. The zero-order valence-corrected chi connectivity index (χ0v) is 17.3. The van der Waals surface area contributed by atoms with Crippen LogP contribution in [0.15, 0.2) is 0 Å². The molecular weight excluding hydrogens is 374 g/mol. The Morgan fingerprint density at radius 3 is 2.21 bits per heavy atom. The van der Waals surface area contributed by atoms with Gasteiger partial charge in [-0.25, -0.2) is 0 Å². The number of nitrogens with one attached hydrogen (secondary N) is 1. The molecule has 4 aliphatic carbocycles. The molecule has 4 saturated carbocycles. The second kappa shape index (κ2) is 6.20. The Morgan fingerprint density at radius 1 is 1.07 bits per heavy atom. The van der Waals surface area contributed by atoms with Crippen LogP contribution < -0.4 is 5.32 Å². The van der Waals surface area contributed by atoms with Gasteiger partial charge in [-0.15, -0.1) is 10.2 Å². The van der Waals surface area contributed by atoms with Gasteiger partial charge in [0.1, 0.15) is 5.01 Å². The van der Waals surface area contributed by atoms with E-state index < -0.39 is 11.7 Å². The summed E-state index contributed by atoms with van der Waals surface area (Å²) in [5, 5.41) is 17.0. The lowest BCUT2D eigenvalue weighted by molar-refractivity contribution is -0.112. The topological polar surface area (TPSA) is 89.8 Å². The molecule has 1 amide bonds. The van der Waals surface area contributed by atoms with E-state index in [9.17, 15) is 9.59 Å². The van der Waals surface area contributed by atoms with E-state index in [2.05, 4.69) is 20.6 Å². The molecule has 2 aromatic rings. The van der Waals surface area contributed by atoms with Crippen LogP contribution in [0, 0.1) is 31.6 Å². The van der Waals surface area contributed by atoms with Gasteiger partial charge in [0.25, 0.3) is 11.7 Å². The molecule has 8 heteroatoms. The van der Waals surface area contributed by atoms with E-state index in [0.717, 1.165) is 22.8 Å². The van der Waals surface area contributed by atoms with Crippen molar-refractivity contribution in [1.82, 2.24) is 20.0 Å². The Morgan fingerprint density at radius 2 is 1.68 bits per heavy atom. The highest BCUT2D eigenvalue weighted by molar-refractivity contribution is 7.15. The molecule has 2 aromatic heterocycles. The van der Waals surface area contributed by atoms with Gasteiger partial charge in [-0.2, -0.15) is 5.10 Å². The van der Waals surface area contributed by atoms with Gasteiger partial charge in [0.15, 0.2) is 0 Å². The maximum absolute atomic E-state index is 12.6. The van der Waals surface area contributed by atoms with E-state index in [1.54, 1.807) is 25.6 Å². The molecule has 28 heavy (non-hydrogen) atoms. The molecule has 1 N–H and O–H groups in total. The van der Waals surface area contributed by atoms with E-state index in [1.165, 1.54) is 49.9 Å². The van der Waals surface area contributed by atoms with Crippen molar-refractivity contribution in [3.63, 3.8) is 0 Å². The van der Waals surface area contributed by atoms with Gasteiger partial charge in [0.05, 0.1) is 11.3 Å². The summed E-state index contributed by atoms with van der Waals surface area (Å²) < 4.78 is 1.62. The van der Waals surface area contributed by atoms with Gasteiger partial charge in [-0.1, -0.05) is 11.3 Å². The largest absolute Gasteiger partial charge is 0.298 e. The summed E-state index contributed by atoms with van der Waals surface area (Å²) in [6, 6.07) is 0. The Bertz CT molecular complexity index is 940. The van der Waals surface area contributed by atoms with Gasteiger partial charge >= 0.3 is 0 Å². The van der Waals surface area contributed by atoms with Crippen LogP contribution in [0.25, 0.3) is 0 Å². The lowest BCUT2D eigenvalue weighted by Gasteiger charge is -2.55. The van der Waals surface area contributed by atoms with Crippen LogP contribution in [-0.4, -0.2) is 31.7 Å². The van der Waals surface area contributed by atoms with E-state index in [1.807, 2.05) is 0 Å². The highest BCUT2D eigenvalue weighted by Crippen LogP contribution is 2.61. The van der Waals surface area contributed by atoms with Crippen molar-refractivity contribution in [3.8, 4) is 0 Å². The van der Waals surface area contributed by atoms with Crippen molar-refractivity contribution < 1.29 is 9.59 Å². The molecule has 0 aliphatic heterocycles. The quantitative estimate of drug-likeness (QED) is 0.630. The van der Waals surface area contributed by atoms with Crippen LogP contribution in [0.3, 0.4) is 0 Å². The lowest BCUT2D eigenvalue weighted by atomic mass is 9.50. The summed E-state index contributed by atoms with van der Waals surface area (Å²) in [5.41, 5.74) is 1.76. The first-order chi connectivity index (χ1) is 13.3. The maximum atomic E-state index is 12.6. The fourth-order valence-corrected chi connectivity index (χ4v) is 7.19. The average molecular weight is 400 g/mol. The van der Waals surface area contributed by atoms with Crippen LogP contribution >= 0.6 is 11.3 Å². The van der Waals surface area contributed by atoms with Crippen LogP contribution in [0.5, 0.6) is 0 Å². The number of anilines is 1. The highest BCUT2D eigenvalue weighted by atomic mass is 32.1. The minimum absolute atomic E-state index is 0.149. The number of aromatic nitrogens is 4. The Hall–Kier alpha value is -2.09. The van der Waals surface area contributed by atoms with Crippen molar-refractivity contribution in [1.29, 1.82) is 0 Å². The predicted molar refractivity (Wildman–Crippen MR) is 105 cm³/mol. The van der Waals surface area contributed by atoms with E-state index in [4.69, 9.17) is 0 Å². The molecule has 0 radical (unpaired) electrons. The fraction of sp³-hybridized carbons (Fsp3) is 0.650. The third-order valence-electron chi connectivity index (χ3n) is 7.08. The van der Waals surface area contributed by atoms with E-state index in [0.29, 0.717) is 22.1 Å². The zero-order valence-electron chi connectivity index (χ0n) is 16.5. The number of carbonyl (C=O) groups excluding carboxylic acids is 2. The zero-order chi connectivity index (χ0) is 19.6. The number of hydrogen-bond donors (Lipinski definition) is 1. The van der Waals surface area contributed by atoms with Crippen LogP contribution in [0.1, 0.15) is 65.3 Å². The second-order valence-corrected chi connectivity index (χ2v) is 10.0. The summed E-state index contributed by atoms with van der Waals surface area (Å²) in [6.45, 7) is 3.53. The summed E-state index contributed by atoms with van der Waals surface area (Å²) in [5.74, 6) is 1.23. The Balaban J connectivity index is 1.34. The number of amides is 1. The summed E-state index contributed by atoms with van der Waals surface area (Å²) in [4.78, 5) is 25.1. The summed E-state index contributed by atoms with van der Waals surface area (Å²) in [6.07, 6.45) is 7.73. The van der Waals surface area contributed by atoms with Gasteiger partial charge in [0.2, 0.25) is 5.13 Å². The van der Waals surface area contributed by atoms with Crippen molar-refractivity contribution in [2.24, 2.45) is 24.8 Å². The molecule has 0 atom stereocenters. The molecule has 0 unspecified atom stereocenters. The van der Waals surface area contributed by atoms with Gasteiger partial charge < -0.3 is 0 Å². The molecule has 7 nitrogen and oxygen atoms in total. The third kappa shape index (κ3) is 2.72. The Kier molecular flexibility index (Phi) is 3.98. The second-order valence-electron chi connectivity index (χ2n) is 9.06. The minimum Gasteiger partial charge on any atom is -0.294 e. The number of rotatable bonds is 4. The van der Waals surface area contributed by atoms with Crippen molar-refractivity contribution in [2.45, 2.75) is 57.8 Å². The molecule has 148 valence electrons. The van der Waals surface area contributed by atoms with E-state index in [-0.39, 0.29) is 5.41 Å².